The van der Waals surface area contributed by atoms with E-state index in [1.807, 2.05) is 12.3 Å². The molecule has 2 nitrogen and oxygen atoms in total. The Morgan fingerprint density at radius 3 is 1.71 bits per heavy atom. The Morgan fingerprint density at radius 2 is 1.18 bits per heavy atom. The average Bonchev–Trinajstić information content (AvgIpc) is 3.25. The Bertz CT molecular complexity index is 1450. The number of aromatic nitrogens is 2. The van der Waals surface area contributed by atoms with Crippen molar-refractivity contribution in [3.63, 3.8) is 0 Å². The molecule has 0 unspecified atom stereocenters. The molecule has 0 amide bonds. The summed E-state index contributed by atoms with van der Waals surface area (Å²) < 4.78 is 0. The van der Waals surface area contributed by atoms with E-state index in [-0.39, 0.29) is 10.8 Å². The number of aromatic amines is 1. The second kappa shape index (κ2) is 7.84. The van der Waals surface area contributed by atoms with Crippen molar-refractivity contribution in [3.8, 4) is 22.6 Å². The largest absolute Gasteiger partial charge is 0.353 e. The summed E-state index contributed by atoms with van der Waals surface area (Å²) in [4.78, 5) is 8.31. The zero-order chi connectivity index (χ0) is 24.3. The number of nitrogens with one attached hydrogen (secondary N) is 1. The lowest BCUT2D eigenvalue weighted by Crippen LogP contribution is -2.11. The van der Waals surface area contributed by atoms with Crippen LogP contribution >= 0.6 is 0 Å². The monoisotopic (exact) mass is 446 g/mol. The second-order valence-corrected chi connectivity index (χ2v) is 11.6. The van der Waals surface area contributed by atoms with Crippen molar-refractivity contribution in [2.45, 2.75) is 59.3 Å². The molecule has 2 aromatic heterocycles. The van der Waals surface area contributed by atoms with Gasteiger partial charge in [-0.1, -0.05) is 65.8 Å². The minimum absolute atomic E-state index is 0.0834. The summed E-state index contributed by atoms with van der Waals surface area (Å²) in [6.07, 6.45) is 1.88. The maximum absolute atomic E-state index is 4.60. The summed E-state index contributed by atoms with van der Waals surface area (Å²) in [7, 11) is 0. The molecular weight excluding hydrogens is 412 g/mol. The van der Waals surface area contributed by atoms with Gasteiger partial charge in [-0.15, -0.1) is 0 Å². The van der Waals surface area contributed by atoms with E-state index >= 15 is 0 Å². The molecule has 0 atom stereocenters. The molecule has 0 saturated carbocycles. The van der Waals surface area contributed by atoms with Crippen LogP contribution in [0.3, 0.4) is 0 Å². The lowest BCUT2D eigenvalue weighted by atomic mass is 9.82. The first-order valence-corrected chi connectivity index (χ1v) is 12.1. The highest BCUT2D eigenvalue weighted by Gasteiger charge is 2.20. The van der Waals surface area contributed by atoms with E-state index in [0.29, 0.717) is 0 Å². The van der Waals surface area contributed by atoms with Crippen molar-refractivity contribution in [2.75, 3.05) is 0 Å². The van der Waals surface area contributed by atoms with Crippen LogP contribution in [0, 0.1) is 6.92 Å². The van der Waals surface area contributed by atoms with E-state index in [1.54, 1.807) is 0 Å². The first-order chi connectivity index (χ1) is 16.0. The number of aryl methyl sites for hydroxylation is 1. The minimum Gasteiger partial charge on any atom is -0.353 e. The quantitative estimate of drug-likeness (QED) is 0.269. The van der Waals surface area contributed by atoms with Gasteiger partial charge >= 0.3 is 0 Å². The van der Waals surface area contributed by atoms with Crippen molar-refractivity contribution >= 4 is 21.5 Å². The van der Waals surface area contributed by atoms with E-state index < -0.39 is 0 Å². The van der Waals surface area contributed by atoms with Gasteiger partial charge in [-0.3, -0.25) is 4.98 Å². The van der Waals surface area contributed by atoms with Gasteiger partial charge in [0.15, 0.2) is 0 Å². The predicted octanol–water partition coefficient (Wildman–Crippen LogP) is 8.95. The number of pyridine rings is 1. The molecule has 2 heterocycles. The van der Waals surface area contributed by atoms with Crippen LogP contribution in [0.25, 0.3) is 44.2 Å². The lowest BCUT2D eigenvalue weighted by molar-refractivity contribution is 0.591. The fourth-order valence-electron chi connectivity index (χ4n) is 4.71. The molecule has 0 spiro atoms. The Kier molecular flexibility index (Phi) is 5.16. The molecule has 0 saturated heterocycles. The highest BCUT2D eigenvalue weighted by atomic mass is 14.8. The fourth-order valence-corrected chi connectivity index (χ4v) is 4.71. The third kappa shape index (κ3) is 4.03. The first kappa shape index (κ1) is 22.4. The highest BCUT2D eigenvalue weighted by Crippen LogP contribution is 2.40. The van der Waals surface area contributed by atoms with Crippen LogP contribution in [0.1, 0.15) is 58.2 Å². The molecule has 2 heteroatoms. The average molecular weight is 447 g/mol. The minimum atomic E-state index is 0.0834. The topological polar surface area (TPSA) is 28.7 Å². The van der Waals surface area contributed by atoms with Gasteiger partial charge in [0.25, 0.3) is 0 Å². The second-order valence-electron chi connectivity index (χ2n) is 11.6. The summed E-state index contributed by atoms with van der Waals surface area (Å²) in [6, 6.07) is 24.8. The van der Waals surface area contributed by atoms with Crippen LogP contribution < -0.4 is 0 Å². The molecule has 3 aromatic carbocycles. The van der Waals surface area contributed by atoms with Gasteiger partial charge in [0.05, 0.1) is 11.4 Å². The summed E-state index contributed by atoms with van der Waals surface area (Å²) in [5, 5.41) is 5.11. The molecule has 34 heavy (non-hydrogen) atoms. The molecule has 0 fully saturated rings. The predicted molar refractivity (Wildman–Crippen MR) is 147 cm³/mol. The number of H-pyrrole nitrogens is 1. The van der Waals surface area contributed by atoms with E-state index in [2.05, 4.69) is 119 Å². The van der Waals surface area contributed by atoms with Gasteiger partial charge in [0, 0.05) is 17.5 Å². The van der Waals surface area contributed by atoms with Gasteiger partial charge < -0.3 is 4.98 Å². The van der Waals surface area contributed by atoms with Crippen LogP contribution in [-0.2, 0) is 10.8 Å². The number of rotatable bonds is 2. The van der Waals surface area contributed by atoms with Crippen LogP contribution in [0.4, 0.5) is 0 Å². The van der Waals surface area contributed by atoms with E-state index in [9.17, 15) is 0 Å². The first-order valence-electron chi connectivity index (χ1n) is 12.1. The van der Waals surface area contributed by atoms with Crippen molar-refractivity contribution in [1.29, 1.82) is 0 Å². The Labute approximate surface area is 203 Å². The summed E-state index contributed by atoms with van der Waals surface area (Å²) in [6.45, 7) is 15.8. The summed E-state index contributed by atoms with van der Waals surface area (Å²) in [5.74, 6) is 0. The van der Waals surface area contributed by atoms with Gasteiger partial charge in [0.2, 0.25) is 0 Å². The molecule has 0 aliphatic carbocycles. The smallest absolute Gasteiger partial charge is 0.0867 e. The van der Waals surface area contributed by atoms with Crippen LogP contribution in [0.2, 0.25) is 0 Å². The van der Waals surface area contributed by atoms with Crippen molar-refractivity contribution in [2.24, 2.45) is 0 Å². The molecule has 0 aliphatic rings. The third-order valence-corrected chi connectivity index (χ3v) is 6.84. The molecule has 5 rings (SSSR count). The molecule has 1 N–H and O–H groups in total. The Balaban J connectivity index is 1.84. The summed E-state index contributed by atoms with van der Waals surface area (Å²) >= 11 is 0. The van der Waals surface area contributed by atoms with Crippen LogP contribution in [0.5, 0.6) is 0 Å². The normalized spacial score (nSPS) is 12.6. The van der Waals surface area contributed by atoms with Crippen molar-refractivity contribution in [3.05, 3.63) is 89.6 Å². The SMILES string of the molecule is Cc1ccnc(-c2ccc(-c3c4cc(C(C)(C)C)ccc4cc4ccc(C(C)(C)C)cc34)[nH]2)c1. The van der Waals surface area contributed by atoms with Gasteiger partial charge in [-0.2, -0.15) is 0 Å². The van der Waals surface area contributed by atoms with Gasteiger partial charge in [-0.25, -0.2) is 0 Å². The Hall–Kier alpha value is -3.39. The van der Waals surface area contributed by atoms with E-state index in [4.69, 9.17) is 0 Å². The Morgan fingerprint density at radius 1 is 0.618 bits per heavy atom. The number of nitrogens with zero attached hydrogens (tertiary/aromatic N) is 1. The molecule has 5 aromatic rings. The van der Waals surface area contributed by atoms with Gasteiger partial charge in [-0.05, 0) is 98.5 Å². The number of hydrogen-bond donors (Lipinski definition) is 1. The van der Waals surface area contributed by atoms with Crippen molar-refractivity contribution in [1.82, 2.24) is 9.97 Å². The lowest BCUT2D eigenvalue weighted by Gasteiger charge is -2.22. The molecule has 0 bridgehead atoms. The molecular formula is C32H34N2. The van der Waals surface area contributed by atoms with Crippen LogP contribution in [-0.4, -0.2) is 9.97 Å². The number of benzene rings is 3. The molecule has 0 radical (unpaired) electrons. The highest BCUT2D eigenvalue weighted by molar-refractivity contribution is 6.12. The van der Waals surface area contributed by atoms with Gasteiger partial charge in [0.1, 0.15) is 0 Å². The fraction of sp³-hybridized carbons (Fsp3) is 0.281. The zero-order valence-electron chi connectivity index (χ0n) is 21.4. The maximum Gasteiger partial charge on any atom is 0.0867 e. The maximum atomic E-state index is 4.60. The number of hydrogen-bond acceptors (Lipinski definition) is 1. The van der Waals surface area contributed by atoms with Crippen molar-refractivity contribution < 1.29 is 0 Å². The standard InChI is InChI=1S/C32H34N2/c1-20-14-15-33-29(16-20)27-12-13-28(34-27)30-25-18-23(31(2,3)4)10-8-21(25)17-22-9-11-24(19-26(22)30)32(5,6)7/h8-19,34H,1-7H3. The van der Waals surface area contributed by atoms with Crippen LogP contribution in [0.15, 0.2) is 72.9 Å². The van der Waals surface area contributed by atoms with E-state index in [1.165, 1.54) is 43.8 Å². The molecule has 172 valence electrons. The third-order valence-electron chi connectivity index (χ3n) is 6.84. The van der Waals surface area contributed by atoms with E-state index in [0.717, 1.165) is 17.1 Å². The number of fused-ring (bicyclic) bond motifs is 2. The molecule has 0 aliphatic heterocycles. The zero-order valence-corrected chi connectivity index (χ0v) is 21.4. The summed E-state index contributed by atoms with van der Waals surface area (Å²) in [5.41, 5.74) is 8.49.